The average molecular weight is 297 g/mol. The summed E-state index contributed by atoms with van der Waals surface area (Å²) in [7, 11) is 0. The van der Waals surface area contributed by atoms with Crippen molar-refractivity contribution in [3.05, 3.63) is 29.3 Å². The average Bonchev–Trinajstić information content (AvgIpc) is 2.50. The Kier molecular flexibility index (Phi) is 6.14. The van der Waals surface area contributed by atoms with E-state index in [1.165, 1.54) is 25.9 Å². The van der Waals surface area contributed by atoms with Gasteiger partial charge in [-0.1, -0.05) is 18.5 Å². The predicted octanol–water partition coefficient (Wildman–Crippen LogP) is 3.03. The number of hydrogen-bond donors (Lipinski definition) is 1. The fraction of sp³-hybridized carbons (Fsp3) is 0.625. The highest BCUT2D eigenvalue weighted by Crippen LogP contribution is 2.25. The van der Waals surface area contributed by atoms with Gasteiger partial charge in [0.1, 0.15) is 5.75 Å². The summed E-state index contributed by atoms with van der Waals surface area (Å²) in [5.74, 6) is 2.01. The van der Waals surface area contributed by atoms with Crippen LogP contribution in [0.25, 0.3) is 0 Å². The monoisotopic (exact) mass is 296 g/mol. The fourth-order valence-electron chi connectivity index (χ4n) is 2.87. The van der Waals surface area contributed by atoms with E-state index in [1.54, 1.807) is 0 Å². The molecule has 1 unspecified atom stereocenters. The zero-order valence-corrected chi connectivity index (χ0v) is 13.0. The molecule has 0 spiro atoms. The highest BCUT2D eigenvalue weighted by molar-refractivity contribution is 6.30. The maximum atomic E-state index is 5.94. The number of likely N-dealkylation sites (tertiary alicyclic amines) is 1. The Labute approximate surface area is 127 Å². The van der Waals surface area contributed by atoms with Crippen LogP contribution in [0.2, 0.25) is 5.02 Å². The first-order valence-corrected chi connectivity index (χ1v) is 7.91. The molecule has 2 N–H and O–H groups in total. The first-order chi connectivity index (χ1) is 9.72. The van der Waals surface area contributed by atoms with Crippen molar-refractivity contribution >= 4 is 11.6 Å². The maximum absolute atomic E-state index is 5.94. The third-order valence-corrected chi connectivity index (χ3v) is 4.58. The first-order valence-electron chi connectivity index (χ1n) is 7.53. The number of piperidine rings is 1. The number of hydrogen-bond acceptors (Lipinski definition) is 3. The number of rotatable bonds is 6. The molecule has 112 valence electrons. The second-order valence-corrected chi connectivity index (χ2v) is 5.97. The summed E-state index contributed by atoms with van der Waals surface area (Å²) in [6.07, 6.45) is 2.47. The van der Waals surface area contributed by atoms with Gasteiger partial charge in [0.25, 0.3) is 0 Å². The standard InChI is InChI=1S/C16H25ClN2O/c1-2-19-9-7-13(8-10-19)14(11-18)12-20-16-5-3-15(17)4-6-16/h3-6,13-14H,2,7-12,18H2,1H3. The van der Waals surface area contributed by atoms with Gasteiger partial charge in [-0.3, -0.25) is 0 Å². The minimum Gasteiger partial charge on any atom is -0.493 e. The number of ether oxygens (including phenoxy) is 1. The van der Waals surface area contributed by atoms with Crippen molar-refractivity contribution in [2.45, 2.75) is 19.8 Å². The van der Waals surface area contributed by atoms with E-state index in [4.69, 9.17) is 22.1 Å². The molecule has 1 heterocycles. The zero-order chi connectivity index (χ0) is 14.4. The molecule has 3 nitrogen and oxygen atoms in total. The Balaban J connectivity index is 1.81. The number of nitrogens with two attached hydrogens (primary N) is 1. The molecule has 1 fully saturated rings. The maximum Gasteiger partial charge on any atom is 0.119 e. The third-order valence-electron chi connectivity index (χ3n) is 4.33. The number of halogens is 1. The van der Waals surface area contributed by atoms with Crippen molar-refractivity contribution in [2.75, 3.05) is 32.8 Å². The molecule has 20 heavy (non-hydrogen) atoms. The van der Waals surface area contributed by atoms with Gasteiger partial charge < -0.3 is 15.4 Å². The van der Waals surface area contributed by atoms with Crippen LogP contribution in [-0.2, 0) is 0 Å². The normalized spacial score (nSPS) is 18.9. The molecule has 0 amide bonds. The summed E-state index contributed by atoms with van der Waals surface area (Å²) in [6.45, 7) is 7.17. The summed E-state index contributed by atoms with van der Waals surface area (Å²) in [4.78, 5) is 2.50. The molecule has 1 aliphatic heterocycles. The van der Waals surface area contributed by atoms with Gasteiger partial charge in [-0.25, -0.2) is 0 Å². The van der Waals surface area contributed by atoms with Gasteiger partial charge in [-0.15, -0.1) is 0 Å². The Morgan fingerprint density at radius 3 is 2.50 bits per heavy atom. The molecule has 0 saturated carbocycles. The van der Waals surface area contributed by atoms with Gasteiger partial charge in [0.05, 0.1) is 6.61 Å². The molecule has 1 saturated heterocycles. The molecule has 1 atom stereocenters. The van der Waals surface area contributed by atoms with Crippen molar-refractivity contribution in [3.63, 3.8) is 0 Å². The second-order valence-electron chi connectivity index (χ2n) is 5.53. The van der Waals surface area contributed by atoms with E-state index in [9.17, 15) is 0 Å². The van der Waals surface area contributed by atoms with Crippen LogP contribution in [0.1, 0.15) is 19.8 Å². The van der Waals surface area contributed by atoms with Crippen molar-refractivity contribution in [2.24, 2.45) is 17.6 Å². The smallest absolute Gasteiger partial charge is 0.119 e. The van der Waals surface area contributed by atoms with Gasteiger partial charge in [-0.2, -0.15) is 0 Å². The molecular weight excluding hydrogens is 272 g/mol. The Bertz CT molecular complexity index is 388. The summed E-state index contributed by atoms with van der Waals surface area (Å²) in [6, 6.07) is 7.54. The Morgan fingerprint density at radius 2 is 1.95 bits per heavy atom. The molecule has 0 bridgehead atoms. The largest absolute Gasteiger partial charge is 0.493 e. The highest BCUT2D eigenvalue weighted by Gasteiger charge is 2.25. The minimum absolute atomic E-state index is 0.449. The van der Waals surface area contributed by atoms with Crippen molar-refractivity contribution in [1.29, 1.82) is 0 Å². The predicted molar refractivity (Wildman–Crippen MR) is 84.3 cm³/mol. The molecule has 1 aromatic rings. The summed E-state index contributed by atoms with van der Waals surface area (Å²) < 4.78 is 5.87. The van der Waals surface area contributed by atoms with E-state index in [1.807, 2.05) is 24.3 Å². The van der Waals surface area contributed by atoms with Gasteiger partial charge in [0, 0.05) is 10.9 Å². The molecular formula is C16H25ClN2O. The first kappa shape index (κ1) is 15.6. The molecule has 0 aromatic heterocycles. The van der Waals surface area contributed by atoms with Crippen LogP contribution < -0.4 is 10.5 Å². The summed E-state index contributed by atoms with van der Waals surface area (Å²) in [5.41, 5.74) is 5.94. The van der Waals surface area contributed by atoms with Crippen molar-refractivity contribution in [3.8, 4) is 5.75 Å². The molecule has 4 heteroatoms. The van der Waals surface area contributed by atoms with Crippen LogP contribution >= 0.6 is 11.6 Å². The lowest BCUT2D eigenvalue weighted by Crippen LogP contribution is -2.39. The van der Waals surface area contributed by atoms with Crippen LogP contribution in [0.4, 0.5) is 0 Å². The van der Waals surface area contributed by atoms with E-state index in [2.05, 4.69) is 11.8 Å². The van der Waals surface area contributed by atoms with Gasteiger partial charge in [-0.05, 0) is 69.2 Å². The van der Waals surface area contributed by atoms with Crippen LogP contribution in [-0.4, -0.2) is 37.7 Å². The van der Waals surface area contributed by atoms with E-state index in [0.717, 1.165) is 17.3 Å². The van der Waals surface area contributed by atoms with Crippen LogP contribution in [0.15, 0.2) is 24.3 Å². The molecule has 1 aromatic carbocycles. The zero-order valence-electron chi connectivity index (χ0n) is 12.2. The van der Waals surface area contributed by atoms with Crippen LogP contribution in [0.3, 0.4) is 0 Å². The summed E-state index contributed by atoms with van der Waals surface area (Å²) in [5, 5.41) is 0.736. The van der Waals surface area contributed by atoms with E-state index >= 15 is 0 Å². The van der Waals surface area contributed by atoms with Crippen LogP contribution in [0, 0.1) is 11.8 Å². The minimum atomic E-state index is 0.449. The van der Waals surface area contributed by atoms with E-state index in [-0.39, 0.29) is 0 Å². The van der Waals surface area contributed by atoms with Gasteiger partial charge in [0.2, 0.25) is 0 Å². The van der Waals surface area contributed by atoms with Crippen molar-refractivity contribution in [1.82, 2.24) is 4.90 Å². The molecule has 0 radical (unpaired) electrons. The Hall–Kier alpha value is -0.770. The van der Waals surface area contributed by atoms with Gasteiger partial charge >= 0.3 is 0 Å². The lowest BCUT2D eigenvalue weighted by Gasteiger charge is -2.35. The SMILES string of the molecule is CCN1CCC(C(CN)COc2ccc(Cl)cc2)CC1. The Morgan fingerprint density at radius 1 is 1.30 bits per heavy atom. The lowest BCUT2D eigenvalue weighted by molar-refractivity contribution is 0.121. The van der Waals surface area contributed by atoms with E-state index in [0.29, 0.717) is 25.0 Å². The van der Waals surface area contributed by atoms with Gasteiger partial charge in [0.15, 0.2) is 0 Å². The fourth-order valence-corrected chi connectivity index (χ4v) is 3.00. The summed E-state index contributed by atoms with van der Waals surface area (Å²) >= 11 is 5.87. The van der Waals surface area contributed by atoms with Crippen molar-refractivity contribution < 1.29 is 4.74 Å². The molecule has 1 aliphatic rings. The number of benzene rings is 1. The van der Waals surface area contributed by atoms with E-state index < -0.39 is 0 Å². The highest BCUT2D eigenvalue weighted by atomic mass is 35.5. The topological polar surface area (TPSA) is 38.5 Å². The molecule has 2 rings (SSSR count). The van der Waals surface area contributed by atoms with Crippen LogP contribution in [0.5, 0.6) is 5.75 Å². The third kappa shape index (κ3) is 4.37. The lowest BCUT2D eigenvalue weighted by atomic mass is 9.84. The second kappa shape index (κ2) is 7.87. The quantitative estimate of drug-likeness (QED) is 0.877. The number of nitrogens with zero attached hydrogens (tertiary/aromatic N) is 1. The molecule has 0 aliphatic carbocycles.